The van der Waals surface area contributed by atoms with Gasteiger partial charge in [-0.05, 0) is 48.6 Å². The molecule has 214 valence electrons. The van der Waals surface area contributed by atoms with Crippen molar-refractivity contribution in [3.8, 4) is 11.5 Å². The number of ketones is 1. The van der Waals surface area contributed by atoms with Gasteiger partial charge < -0.3 is 19.7 Å². The topological polar surface area (TPSA) is 105 Å². The van der Waals surface area contributed by atoms with Gasteiger partial charge >= 0.3 is 0 Å². The molecule has 0 radical (unpaired) electrons. The lowest BCUT2D eigenvalue weighted by Crippen LogP contribution is -2.40. The third-order valence-corrected chi connectivity index (χ3v) is 7.59. The summed E-state index contributed by atoms with van der Waals surface area (Å²) in [4.78, 5) is 29.4. The number of ether oxygens (including phenoxy) is 1. The predicted octanol–water partition coefficient (Wildman–Crippen LogP) is 6.86. The second kappa shape index (κ2) is 10.5. The van der Waals surface area contributed by atoms with Gasteiger partial charge in [-0.2, -0.15) is 0 Å². The number of amides is 1. The van der Waals surface area contributed by atoms with Crippen LogP contribution in [0, 0.1) is 18.2 Å². The van der Waals surface area contributed by atoms with Crippen LogP contribution < -0.4 is 15.0 Å². The molecule has 6 rings (SSSR count). The van der Waals surface area contributed by atoms with Crippen LogP contribution in [0.3, 0.4) is 0 Å². The van der Waals surface area contributed by atoms with E-state index >= 15 is 4.39 Å². The van der Waals surface area contributed by atoms with Crippen molar-refractivity contribution < 1.29 is 28.3 Å². The maximum absolute atomic E-state index is 16.2. The maximum atomic E-state index is 16.2. The van der Waals surface area contributed by atoms with Crippen molar-refractivity contribution in [2.75, 3.05) is 10.2 Å². The molecule has 0 saturated heterocycles. The van der Waals surface area contributed by atoms with Crippen molar-refractivity contribution in [2.24, 2.45) is 5.41 Å². The van der Waals surface area contributed by atoms with Crippen LogP contribution in [0.2, 0.25) is 0 Å². The first-order valence-corrected chi connectivity index (χ1v) is 13.7. The minimum Gasteiger partial charge on any atom is -0.506 e. The van der Waals surface area contributed by atoms with E-state index < -0.39 is 23.2 Å². The smallest absolute Gasteiger partial charge is 0.281 e. The van der Waals surface area contributed by atoms with E-state index in [1.807, 2.05) is 44.2 Å². The van der Waals surface area contributed by atoms with Crippen LogP contribution in [0.1, 0.15) is 60.1 Å². The van der Waals surface area contributed by atoms with Crippen LogP contribution in [0.5, 0.6) is 11.5 Å². The Morgan fingerprint density at radius 2 is 1.90 bits per heavy atom. The molecule has 1 amide bonds. The highest BCUT2D eigenvalue weighted by molar-refractivity contribution is 6.11. The third kappa shape index (κ3) is 5.02. The molecule has 1 aromatic heterocycles. The third-order valence-electron chi connectivity index (χ3n) is 7.59. The second-order valence-electron chi connectivity index (χ2n) is 11.5. The number of fused-ring (bicyclic) bond motifs is 1. The zero-order valence-corrected chi connectivity index (χ0v) is 23.5. The van der Waals surface area contributed by atoms with Crippen molar-refractivity contribution >= 4 is 23.1 Å². The number of aromatic hydroxyl groups is 1. The van der Waals surface area contributed by atoms with E-state index in [4.69, 9.17) is 9.26 Å². The van der Waals surface area contributed by atoms with E-state index in [2.05, 4.69) is 10.5 Å². The second-order valence-corrected chi connectivity index (χ2v) is 11.5. The van der Waals surface area contributed by atoms with E-state index in [0.29, 0.717) is 23.6 Å². The molecular formula is C33H30FN3O5. The Morgan fingerprint density at radius 1 is 1.12 bits per heavy atom. The molecule has 9 heteroatoms. The Morgan fingerprint density at radius 3 is 2.62 bits per heavy atom. The molecule has 4 aromatic rings. The standard InChI is InChI=1S/C33H30FN3O5/c1-19-14-24(36-42-19)32(40)37-26-10-7-11-27(38)30(26)35-25-16-33(2,3)17-28(39)29(25)31(37)22-13-12-21(15-23(22)34)41-18-20-8-5-4-6-9-20/h4-15,31,35,38H,16-18H2,1-3H3. The zero-order valence-electron chi connectivity index (χ0n) is 23.5. The molecule has 2 N–H and O–H groups in total. The average molecular weight is 568 g/mol. The molecule has 0 bridgehead atoms. The van der Waals surface area contributed by atoms with Crippen LogP contribution in [-0.2, 0) is 11.4 Å². The van der Waals surface area contributed by atoms with Crippen LogP contribution in [0.4, 0.5) is 15.8 Å². The van der Waals surface area contributed by atoms with Crippen molar-refractivity contribution in [3.63, 3.8) is 0 Å². The fraction of sp³-hybridized carbons (Fsp3) is 0.242. The van der Waals surface area contributed by atoms with Crippen LogP contribution >= 0.6 is 0 Å². The van der Waals surface area contributed by atoms with E-state index in [1.54, 1.807) is 31.2 Å². The molecule has 0 fully saturated rings. The van der Waals surface area contributed by atoms with Crippen LogP contribution in [0.25, 0.3) is 0 Å². The highest BCUT2D eigenvalue weighted by Gasteiger charge is 2.45. The Bertz CT molecular complexity index is 1730. The predicted molar refractivity (Wildman–Crippen MR) is 155 cm³/mol. The van der Waals surface area contributed by atoms with Gasteiger partial charge in [0.1, 0.15) is 35.4 Å². The number of aryl methyl sites for hydroxylation is 1. The summed E-state index contributed by atoms with van der Waals surface area (Å²) in [5, 5.41) is 18.1. The van der Waals surface area contributed by atoms with Gasteiger partial charge in [0.05, 0.1) is 11.7 Å². The summed E-state index contributed by atoms with van der Waals surface area (Å²) in [7, 11) is 0. The molecular weight excluding hydrogens is 537 g/mol. The van der Waals surface area contributed by atoms with E-state index in [0.717, 1.165) is 5.56 Å². The summed E-state index contributed by atoms with van der Waals surface area (Å²) < 4.78 is 27.2. The summed E-state index contributed by atoms with van der Waals surface area (Å²) in [6, 6.07) is 19.0. The lowest BCUT2D eigenvalue weighted by molar-refractivity contribution is -0.118. The van der Waals surface area contributed by atoms with Crippen molar-refractivity contribution in [1.82, 2.24) is 5.16 Å². The van der Waals surface area contributed by atoms with Crippen LogP contribution in [-0.4, -0.2) is 22.0 Å². The summed E-state index contributed by atoms with van der Waals surface area (Å²) in [5.74, 6) is -0.867. The lowest BCUT2D eigenvalue weighted by Gasteiger charge is -2.37. The Kier molecular flexibility index (Phi) is 6.80. The van der Waals surface area contributed by atoms with E-state index in [-0.39, 0.29) is 52.8 Å². The molecule has 1 atom stereocenters. The minimum absolute atomic E-state index is 0.0114. The Hall–Kier alpha value is -4.92. The van der Waals surface area contributed by atoms with E-state index in [1.165, 1.54) is 23.1 Å². The number of para-hydroxylation sites is 1. The first-order chi connectivity index (χ1) is 20.1. The number of allylic oxidation sites excluding steroid dienone is 1. The van der Waals surface area contributed by atoms with Gasteiger partial charge in [-0.15, -0.1) is 0 Å². The Labute approximate surface area is 242 Å². The quantitative estimate of drug-likeness (QED) is 0.254. The number of nitrogens with one attached hydrogen (secondary N) is 1. The maximum Gasteiger partial charge on any atom is 0.281 e. The Balaban J connectivity index is 1.52. The number of carbonyl (C=O) groups excluding carboxylic acids is 2. The van der Waals surface area contributed by atoms with Crippen LogP contribution in [0.15, 0.2) is 88.6 Å². The molecule has 1 aliphatic heterocycles. The molecule has 42 heavy (non-hydrogen) atoms. The average Bonchev–Trinajstić information content (AvgIpc) is 3.32. The molecule has 2 aliphatic rings. The molecule has 2 heterocycles. The fourth-order valence-electron chi connectivity index (χ4n) is 5.71. The largest absolute Gasteiger partial charge is 0.506 e. The zero-order chi connectivity index (χ0) is 29.6. The number of phenolic OH excluding ortho intramolecular Hbond substituents is 1. The molecule has 8 nitrogen and oxygen atoms in total. The van der Waals surface area contributed by atoms with Gasteiger partial charge in [0.15, 0.2) is 11.5 Å². The summed E-state index contributed by atoms with van der Waals surface area (Å²) in [6.45, 7) is 5.86. The van der Waals surface area contributed by atoms with E-state index in [9.17, 15) is 14.7 Å². The number of benzene rings is 3. The van der Waals surface area contributed by atoms with Gasteiger partial charge in [0, 0.05) is 35.4 Å². The van der Waals surface area contributed by atoms with Crippen molar-refractivity contribution in [3.05, 3.63) is 112 Å². The first kappa shape index (κ1) is 27.3. The number of rotatable bonds is 5. The summed E-state index contributed by atoms with van der Waals surface area (Å²) in [5.41, 5.74) is 1.93. The van der Waals surface area contributed by atoms with Gasteiger partial charge in [-0.25, -0.2) is 4.39 Å². The number of anilines is 2. The number of phenols is 1. The highest BCUT2D eigenvalue weighted by atomic mass is 19.1. The van der Waals surface area contributed by atoms with Gasteiger partial charge in [0.2, 0.25) is 0 Å². The van der Waals surface area contributed by atoms with Gasteiger partial charge in [-0.3, -0.25) is 14.5 Å². The SMILES string of the molecule is Cc1cc(C(=O)N2c3cccc(O)c3NC3=C(C(=O)CC(C)(C)C3)C2c2ccc(OCc3ccccc3)cc2F)no1. The minimum atomic E-state index is -1.16. The molecule has 3 aromatic carbocycles. The normalized spacial score (nSPS) is 17.7. The number of carbonyl (C=O) groups is 2. The number of hydrogen-bond acceptors (Lipinski definition) is 7. The first-order valence-electron chi connectivity index (χ1n) is 13.7. The number of aromatic nitrogens is 1. The monoisotopic (exact) mass is 567 g/mol. The number of halogens is 1. The molecule has 1 aliphatic carbocycles. The summed E-state index contributed by atoms with van der Waals surface area (Å²) >= 11 is 0. The lowest BCUT2D eigenvalue weighted by atomic mass is 9.73. The summed E-state index contributed by atoms with van der Waals surface area (Å²) in [6.07, 6.45) is 0.653. The van der Waals surface area contributed by atoms with Gasteiger partial charge in [0.25, 0.3) is 5.91 Å². The highest BCUT2D eigenvalue weighted by Crippen LogP contribution is 2.51. The van der Waals surface area contributed by atoms with Gasteiger partial charge in [-0.1, -0.05) is 55.4 Å². The molecule has 1 unspecified atom stereocenters. The van der Waals surface area contributed by atoms with Crippen molar-refractivity contribution in [2.45, 2.75) is 46.3 Å². The fourth-order valence-corrected chi connectivity index (χ4v) is 5.71. The molecule has 0 spiro atoms. The van der Waals surface area contributed by atoms with Crippen molar-refractivity contribution in [1.29, 1.82) is 0 Å². The number of hydrogen-bond donors (Lipinski definition) is 2. The number of nitrogens with zero attached hydrogens (tertiary/aromatic N) is 2. The molecule has 0 saturated carbocycles. The number of Topliss-reactive ketones (excluding diaryl/α,β-unsaturated/α-hetero) is 1.